The zero-order chi connectivity index (χ0) is 33.2. The molecule has 20 heteroatoms. The fourth-order valence-electron chi connectivity index (χ4n) is 3.41. The van der Waals surface area contributed by atoms with Gasteiger partial charge in [-0.3, -0.25) is 28.8 Å². The van der Waals surface area contributed by atoms with Gasteiger partial charge in [0.25, 0.3) is 27.5 Å². The van der Waals surface area contributed by atoms with Crippen LogP contribution in [-0.4, -0.2) is 58.6 Å². The third kappa shape index (κ3) is 8.94. The Bertz CT molecular complexity index is 1560. The minimum absolute atomic E-state index is 0.00784. The minimum Gasteiger partial charge on any atom is -0.366 e. The molecule has 0 fully saturated rings. The van der Waals surface area contributed by atoms with Crippen molar-refractivity contribution in [3.8, 4) is 0 Å². The van der Waals surface area contributed by atoms with Crippen molar-refractivity contribution in [2.75, 3.05) is 19.0 Å². The van der Waals surface area contributed by atoms with Crippen molar-refractivity contribution >= 4 is 215 Å². The van der Waals surface area contributed by atoms with Crippen LogP contribution < -0.4 is 10.6 Å². The molecule has 0 bridgehead atoms. The van der Waals surface area contributed by atoms with Crippen molar-refractivity contribution in [2.45, 2.75) is 12.8 Å². The van der Waals surface area contributed by atoms with Crippen LogP contribution >= 0.6 is 170 Å². The molecule has 0 aromatic heterocycles. The lowest BCUT2D eigenvalue weighted by Gasteiger charge is -2.24. The van der Waals surface area contributed by atoms with Gasteiger partial charge < -0.3 is 15.5 Å². The number of carbonyl (C=O) groups excluding carboxylic acids is 7. The lowest BCUT2D eigenvalue weighted by molar-refractivity contribution is -0.192. The SMILES string of the molecule is CN(OC(=O)Cc1c(I)c(C(=O)Cl)c(I)c(C(=O)Cl)c1I)C(=O)CC(=O)N(C)c1c(I)c(C(N)=O)c(I)c(C(=O)Cl)c1I. The van der Waals surface area contributed by atoms with Crippen molar-refractivity contribution < 1.29 is 38.4 Å². The van der Waals surface area contributed by atoms with E-state index >= 15 is 0 Å². The van der Waals surface area contributed by atoms with Crippen molar-refractivity contribution in [3.63, 3.8) is 0 Å². The second-order valence-corrected chi connectivity index (χ2v) is 15.6. The van der Waals surface area contributed by atoms with Gasteiger partial charge in [-0.25, -0.2) is 4.79 Å². The van der Waals surface area contributed by atoms with Gasteiger partial charge in [0.1, 0.15) is 6.42 Å². The highest BCUT2D eigenvalue weighted by Crippen LogP contribution is 2.38. The van der Waals surface area contributed by atoms with Gasteiger partial charge in [-0.15, -0.1) is 0 Å². The molecule has 0 aliphatic rings. The van der Waals surface area contributed by atoms with Crippen molar-refractivity contribution in [2.24, 2.45) is 5.73 Å². The van der Waals surface area contributed by atoms with Gasteiger partial charge in [0.15, 0.2) is 0 Å². The highest BCUT2D eigenvalue weighted by atomic mass is 127. The molecule has 11 nitrogen and oxygen atoms in total. The predicted molar refractivity (Wildman–Crippen MR) is 209 cm³/mol. The maximum absolute atomic E-state index is 13.1. The van der Waals surface area contributed by atoms with Gasteiger partial charge >= 0.3 is 5.97 Å². The molecule has 0 aliphatic carbocycles. The number of carbonyl (C=O) groups is 7. The van der Waals surface area contributed by atoms with E-state index in [9.17, 15) is 33.6 Å². The Morgan fingerprint density at radius 3 is 1.47 bits per heavy atom. The molecule has 2 aromatic rings. The second-order valence-electron chi connectivity index (χ2n) is 8.06. The fraction of sp³-hybridized carbons (Fsp3) is 0.174. The number of hydrogen-bond donors (Lipinski definition) is 1. The summed E-state index contributed by atoms with van der Waals surface area (Å²) in [6.07, 6.45) is -1.25. The Kier molecular flexibility index (Phi) is 15.4. The molecular formula is C23H12Cl3I6N3O8. The van der Waals surface area contributed by atoms with Crippen LogP contribution in [0.3, 0.4) is 0 Å². The van der Waals surface area contributed by atoms with E-state index in [0.717, 1.165) is 11.9 Å². The summed E-state index contributed by atoms with van der Waals surface area (Å²) < 4.78 is 1.54. The molecule has 3 amide bonds. The molecule has 43 heavy (non-hydrogen) atoms. The lowest BCUT2D eigenvalue weighted by atomic mass is 10.0. The van der Waals surface area contributed by atoms with E-state index in [2.05, 4.69) is 0 Å². The largest absolute Gasteiger partial charge is 0.366 e. The number of amides is 3. The number of anilines is 1. The highest BCUT2D eigenvalue weighted by Gasteiger charge is 2.32. The molecule has 2 aromatic carbocycles. The Morgan fingerprint density at radius 2 is 1.05 bits per heavy atom. The van der Waals surface area contributed by atoms with Gasteiger partial charge in [-0.1, -0.05) is 0 Å². The summed E-state index contributed by atoms with van der Waals surface area (Å²) in [5.74, 6) is -3.49. The maximum atomic E-state index is 13.1. The number of benzene rings is 2. The summed E-state index contributed by atoms with van der Waals surface area (Å²) in [5.41, 5.74) is 5.81. The third-order valence-electron chi connectivity index (χ3n) is 5.46. The van der Waals surface area contributed by atoms with Crippen molar-refractivity contribution in [1.82, 2.24) is 5.06 Å². The standard InChI is InChI=1S/C23H12Cl3I6N3O8/c1-34(19-17(31)11(22(26)41)16(30)12(18(19)32)23(33)42)6(36)4-7(37)35(2)43-8(38)3-5-13(27)9(20(24)39)15(29)10(14(5)28)21(25)40/h3-4H2,1-2H3,(H2,33,42). The first kappa shape index (κ1) is 39.8. The van der Waals surface area contributed by atoms with Crippen LogP contribution in [0.4, 0.5) is 5.69 Å². The second kappa shape index (κ2) is 16.6. The van der Waals surface area contributed by atoms with E-state index in [1.54, 1.807) is 90.4 Å². The van der Waals surface area contributed by atoms with Crippen LogP contribution in [0.1, 0.15) is 53.4 Å². The number of rotatable bonds is 9. The number of nitrogens with zero attached hydrogens (tertiary/aromatic N) is 2. The average molecular weight is 1330 g/mol. The summed E-state index contributed by atoms with van der Waals surface area (Å²) in [4.78, 5) is 93.3. The number of hydrogen-bond acceptors (Lipinski definition) is 8. The van der Waals surface area contributed by atoms with Crippen LogP contribution in [0.2, 0.25) is 0 Å². The molecule has 0 aliphatic heterocycles. The Balaban J connectivity index is 2.32. The van der Waals surface area contributed by atoms with Crippen LogP contribution in [0.5, 0.6) is 0 Å². The summed E-state index contributed by atoms with van der Waals surface area (Å²) in [7, 11) is 2.44. The van der Waals surface area contributed by atoms with E-state index in [1.807, 2.05) is 45.2 Å². The molecule has 0 spiro atoms. The van der Waals surface area contributed by atoms with E-state index in [1.165, 1.54) is 7.05 Å². The molecule has 0 radical (unpaired) electrons. The average Bonchev–Trinajstić information content (AvgIpc) is 2.85. The van der Waals surface area contributed by atoms with Gasteiger partial charge in [0.05, 0.1) is 41.5 Å². The molecule has 0 saturated heterocycles. The topological polar surface area (TPSA) is 161 Å². The highest BCUT2D eigenvalue weighted by molar-refractivity contribution is 14.1. The van der Waals surface area contributed by atoms with Gasteiger partial charge in [0.2, 0.25) is 5.91 Å². The molecule has 0 heterocycles. The Hall–Kier alpha value is 0.580. The van der Waals surface area contributed by atoms with Crippen LogP contribution in [0.25, 0.3) is 0 Å². The molecule has 2 N–H and O–H groups in total. The third-order valence-corrected chi connectivity index (χ3v) is 12.7. The number of primary amides is 1. The van der Waals surface area contributed by atoms with Crippen molar-refractivity contribution in [3.05, 3.63) is 49.2 Å². The zero-order valence-electron chi connectivity index (χ0n) is 21.1. The summed E-state index contributed by atoms with van der Waals surface area (Å²) >= 11 is 27.9. The maximum Gasteiger partial charge on any atom is 0.336 e. The molecule has 2 rings (SSSR count). The molecule has 0 unspecified atom stereocenters. The number of hydroxylamine groups is 2. The predicted octanol–water partition coefficient (Wildman–Crippen LogP) is 6.06. The van der Waals surface area contributed by atoms with Crippen LogP contribution in [0.15, 0.2) is 0 Å². The van der Waals surface area contributed by atoms with E-state index in [4.69, 9.17) is 45.4 Å². The number of nitrogens with two attached hydrogens (primary N) is 1. The van der Waals surface area contributed by atoms with E-state index in [-0.39, 0.29) is 47.8 Å². The fourth-order valence-corrected chi connectivity index (χ4v) is 14.4. The quantitative estimate of drug-likeness (QED) is 0.137. The first-order valence-corrected chi connectivity index (χ1v) is 18.4. The summed E-state index contributed by atoms with van der Waals surface area (Å²) in [6, 6.07) is 0. The van der Waals surface area contributed by atoms with Crippen LogP contribution in [-0.2, 0) is 25.6 Å². The van der Waals surface area contributed by atoms with Gasteiger partial charge in [-0.05, 0) is 176 Å². The molecule has 0 saturated carbocycles. The Labute approximate surface area is 340 Å². The first-order valence-electron chi connectivity index (χ1n) is 10.8. The first-order chi connectivity index (χ1) is 19.8. The smallest absolute Gasteiger partial charge is 0.336 e. The van der Waals surface area contributed by atoms with Gasteiger partial charge in [0, 0.05) is 28.4 Å². The molecule has 230 valence electrons. The monoisotopic (exact) mass is 1320 g/mol. The van der Waals surface area contributed by atoms with Gasteiger partial charge in [-0.2, -0.15) is 5.06 Å². The Morgan fingerprint density at radius 1 is 0.651 bits per heavy atom. The normalized spacial score (nSPS) is 10.7. The van der Waals surface area contributed by atoms with E-state index < -0.39 is 52.3 Å². The summed E-state index contributed by atoms with van der Waals surface area (Å²) in [5, 5.41) is -2.04. The zero-order valence-corrected chi connectivity index (χ0v) is 36.3. The number of halogens is 9. The minimum atomic E-state index is -0.951. The molecule has 0 atom stereocenters. The summed E-state index contributed by atoms with van der Waals surface area (Å²) in [6.45, 7) is 0. The lowest BCUT2D eigenvalue weighted by Crippen LogP contribution is -2.37. The molecular weight excluding hydrogens is 1310 g/mol. The van der Waals surface area contributed by atoms with Crippen LogP contribution in [0, 0.1) is 21.4 Å². The van der Waals surface area contributed by atoms with E-state index in [0.29, 0.717) is 12.2 Å². The van der Waals surface area contributed by atoms with Crippen molar-refractivity contribution in [1.29, 1.82) is 0 Å².